The maximum Gasteiger partial charge on any atom is 0.255 e. The van der Waals surface area contributed by atoms with Crippen molar-refractivity contribution in [3.63, 3.8) is 0 Å². The molecule has 2 N–H and O–H groups in total. The number of hydrogen-bond donors (Lipinski definition) is 2. The number of ether oxygens (including phenoxy) is 1. The van der Waals surface area contributed by atoms with Crippen molar-refractivity contribution in [2.24, 2.45) is 0 Å². The van der Waals surface area contributed by atoms with Crippen LogP contribution < -0.4 is 10.6 Å². The number of carbonyl (C=O) groups excluding carboxylic acids is 2. The van der Waals surface area contributed by atoms with Crippen LogP contribution in [0.5, 0.6) is 0 Å². The largest absolute Gasteiger partial charge is 0.472 e. The van der Waals surface area contributed by atoms with E-state index in [0.717, 1.165) is 0 Å². The summed E-state index contributed by atoms with van der Waals surface area (Å²) in [7, 11) is 0. The number of amides is 2. The molecule has 0 saturated carbocycles. The molecule has 1 aromatic heterocycles. The molecule has 0 spiro atoms. The minimum atomic E-state index is -0.784. The van der Waals surface area contributed by atoms with Gasteiger partial charge in [0.2, 0.25) is 5.91 Å². The van der Waals surface area contributed by atoms with Gasteiger partial charge in [-0.1, -0.05) is 17.7 Å². The second-order valence-corrected chi connectivity index (χ2v) is 7.69. The van der Waals surface area contributed by atoms with E-state index in [1.807, 2.05) is 11.8 Å². The first-order valence-corrected chi connectivity index (χ1v) is 10.1. The molecule has 2 amide bonds. The molecule has 1 aliphatic rings. The predicted molar refractivity (Wildman–Crippen MR) is 110 cm³/mol. The van der Waals surface area contributed by atoms with Crippen molar-refractivity contribution in [3.8, 4) is 0 Å². The van der Waals surface area contributed by atoms with E-state index in [4.69, 9.17) is 20.8 Å². The van der Waals surface area contributed by atoms with Gasteiger partial charge < -0.3 is 19.8 Å². The number of halogens is 2. The van der Waals surface area contributed by atoms with Gasteiger partial charge in [0.05, 0.1) is 30.6 Å². The summed E-state index contributed by atoms with van der Waals surface area (Å²) in [6, 6.07) is 4.79. The predicted octanol–water partition coefficient (Wildman–Crippen LogP) is 2.77. The van der Waals surface area contributed by atoms with Crippen molar-refractivity contribution in [1.82, 2.24) is 15.5 Å². The summed E-state index contributed by atoms with van der Waals surface area (Å²) >= 11 is 6.31. The first-order valence-electron chi connectivity index (χ1n) is 9.77. The third-order valence-corrected chi connectivity index (χ3v) is 5.37. The molecule has 1 aromatic carbocycles. The number of carbonyl (C=O) groups is 2. The minimum Gasteiger partial charge on any atom is -0.472 e. The van der Waals surface area contributed by atoms with Gasteiger partial charge in [0.15, 0.2) is 0 Å². The quantitative estimate of drug-likeness (QED) is 0.696. The Labute approximate surface area is 179 Å². The molecule has 0 aliphatic carbocycles. The molecule has 7 nitrogen and oxygen atoms in total. The molecule has 162 valence electrons. The molecule has 3 unspecified atom stereocenters. The van der Waals surface area contributed by atoms with Crippen LogP contribution in [0.25, 0.3) is 0 Å². The Balaban J connectivity index is 1.70. The van der Waals surface area contributed by atoms with Crippen LogP contribution in [0.3, 0.4) is 0 Å². The van der Waals surface area contributed by atoms with Crippen LogP contribution in [-0.4, -0.2) is 55.1 Å². The molecule has 0 radical (unpaired) electrons. The Morgan fingerprint density at radius 2 is 2.17 bits per heavy atom. The topological polar surface area (TPSA) is 83.8 Å². The number of furan rings is 1. The number of nitrogens with zero attached hydrogens (tertiary/aromatic N) is 1. The number of rotatable bonds is 7. The minimum absolute atomic E-state index is 0.0179. The molecule has 1 fully saturated rings. The van der Waals surface area contributed by atoms with E-state index in [2.05, 4.69) is 10.6 Å². The van der Waals surface area contributed by atoms with Gasteiger partial charge in [0, 0.05) is 30.2 Å². The molecule has 1 aliphatic heterocycles. The van der Waals surface area contributed by atoms with Gasteiger partial charge in [0.25, 0.3) is 5.91 Å². The lowest BCUT2D eigenvalue weighted by Crippen LogP contribution is -2.50. The first kappa shape index (κ1) is 22.3. The van der Waals surface area contributed by atoms with Crippen LogP contribution in [0.1, 0.15) is 35.8 Å². The monoisotopic (exact) mass is 437 g/mol. The molecule has 2 heterocycles. The van der Waals surface area contributed by atoms with E-state index in [0.29, 0.717) is 35.8 Å². The summed E-state index contributed by atoms with van der Waals surface area (Å²) in [6.07, 6.45) is 2.66. The second-order valence-electron chi connectivity index (χ2n) is 7.28. The smallest absolute Gasteiger partial charge is 0.255 e. The number of hydrogen-bond acceptors (Lipinski definition) is 5. The molecule has 30 heavy (non-hydrogen) atoms. The molecule has 0 bridgehead atoms. The van der Waals surface area contributed by atoms with Crippen molar-refractivity contribution in [2.45, 2.75) is 32.0 Å². The third kappa shape index (κ3) is 5.38. The molecular formula is C21H25ClFN3O4. The molecule has 3 rings (SSSR count). The lowest BCUT2D eigenvalue weighted by atomic mass is 10.0. The summed E-state index contributed by atoms with van der Waals surface area (Å²) in [4.78, 5) is 26.7. The van der Waals surface area contributed by atoms with E-state index < -0.39 is 23.8 Å². The van der Waals surface area contributed by atoms with Gasteiger partial charge in [-0.05, 0) is 32.0 Å². The van der Waals surface area contributed by atoms with Crippen molar-refractivity contribution in [2.75, 3.05) is 26.2 Å². The van der Waals surface area contributed by atoms with Crippen LogP contribution in [-0.2, 0) is 9.53 Å². The van der Waals surface area contributed by atoms with Gasteiger partial charge in [-0.25, -0.2) is 4.39 Å². The van der Waals surface area contributed by atoms with Crippen LogP contribution in [0.4, 0.5) is 4.39 Å². The average molecular weight is 438 g/mol. The first-order chi connectivity index (χ1) is 14.4. The highest BCUT2D eigenvalue weighted by molar-refractivity contribution is 6.31. The zero-order chi connectivity index (χ0) is 21.7. The zero-order valence-electron chi connectivity index (χ0n) is 16.9. The fourth-order valence-electron chi connectivity index (χ4n) is 3.46. The highest BCUT2D eigenvalue weighted by Crippen LogP contribution is 2.31. The number of benzene rings is 1. The maximum atomic E-state index is 14.6. The Hall–Kier alpha value is -2.42. The van der Waals surface area contributed by atoms with Gasteiger partial charge in [-0.15, -0.1) is 0 Å². The summed E-state index contributed by atoms with van der Waals surface area (Å²) in [5.74, 6) is -1.23. The molecule has 3 atom stereocenters. The van der Waals surface area contributed by atoms with Crippen LogP contribution >= 0.6 is 11.6 Å². The molecular weight excluding hydrogens is 413 g/mol. The summed E-state index contributed by atoms with van der Waals surface area (Å²) in [6.45, 7) is 5.33. The van der Waals surface area contributed by atoms with Gasteiger partial charge in [0.1, 0.15) is 18.1 Å². The fraction of sp³-hybridized carbons (Fsp3) is 0.429. The van der Waals surface area contributed by atoms with E-state index in [1.54, 1.807) is 19.1 Å². The molecule has 2 aromatic rings. The summed E-state index contributed by atoms with van der Waals surface area (Å²) in [5, 5.41) is 5.72. The third-order valence-electron chi connectivity index (χ3n) is 5.04. The van der Waals surface area contributed by atoms with Crippen molar-refractivity contribution in [1.29, 1.82) is 0 Å². The van der Waals surface area contributed by atoms with Crippen molar-refractivity contribution < 1.29 is 23.1 Å². The Kier molecular flexibility index (Phi) is 7.47. The summed E-state index contributed by atoms with van der Waals surface area (Å²) < 4.78 is 25.1. The van der Waals surface area contributed by atoms with E-state index in [-0.39, 0.29) is 18.6 Å². The number of morpholine rings is 1. The van der Waals surface area contributed by atoms with Crippen LogP contribution in [0, 0.1) is 5.82 Å². The zero-order valence-corrected chi connectivity index (χ0v) is 17.6. The van der Waals surface area contributed by atoms with Crippen LogP contribution in [0.15, 0.2) is 41.2 Å². The average Bonchev–Trinajstić information content (AvgIpc) is 3.25. The van der Waals surface area contributed by atoms with Gasteiger partial charge in [-0.2, -0.15) is 0 Å². The van der Waals surface area contributed by atoms with E-state index >= 15 is 0 Å². The normalized spacial score (nSPS) is 19.1. The van der Waals surface area contributed by atoms with E-state index in [1.165, 1.54) is 24.7 Å². The second kappa shape index (κ2) is 10.1. The van der Waals surface area contributed by atoms with Gasteiger partial charge in [-0.3, -0.25) is 14.5 Å². The molecule has 1 saturated heterocycles. The fourth-order valence-corrected chi connectivity index (χ4v) is 3.75. The van der Waals surface area contributed by atoms with Gasteiger partial charge >= 0.3 is 0 Å². The Bertz CT molecular complexity index is 857. The Morgan fingerprint density at radius 3 is 2.83 bits per heavy atom. The summed E-state index contributed by atoms with van der Waals surface area (Å²) in [5.41, 5.74) is 0.664. The maximum absolute atomic E-state index is 14.6. The Morgan fingerprint density at radius 1 is 1.37 bits per heavy atom. The van der Waals surface area contributed by atoms with E-state index in [9.17, 15) is 14.0 Å². The lowest BCUT2D eigenvalue weighted by molar-refractivity contribution is -0.123. The highest BCUT2D eigenvalue weighted by Gasteiger charge is 2.30. The SMILES string of the molecule is CC1CN(C(CNC(=O)C(C)NC(=O)c2ccoc2)c2c(F)cccc2Cl)CCO1. The van der Waals surface area contributed by atoms with Crippen molar-refractivity contribution >= 4 is 23.4 Å². The van der Waals surface area contributed by atoms with Crippen LogP contribution in [0.2, 0.25) is 5.02 Å². The highest BCUT2D eigenvalue weighted by atomic mass is 35.5. The lowest BCUT2D eigenvalue weighted by Gasteiger charge is -2.38. The van der Waals surface area contributed by atoms with Crippen molar-refractivity contribution in [3.05, 3.63) is 58.8 Å². The standard InChI is InChI=1S/C21H25ClFN3O4/c1-13-11-26(7-9-30-13)18(19-16(22)4-3-5-17(19)23)10-24-20(27)14(2)25-21(28)15-6-8-29-12-15/h3-6,8,12-14,18H,7,9-11H2,1-2H3,(H,24,27)(H,25,28). The molecule has 9 heteroatoms. The number of nitrogens with one attached hydrogen (secondary N) is 2.